The summed E-state index contributed by atoms with van der Waals surface area (Å²) in [6.07, 6.45) is 1.80. The zero-order valence-electron chi connectivity index (χ0n) is 14.8. The molecule has 4 heteroatoms. The largest absolute Gasteiger partial charge is 0.308 e. The lowest BCUT2D eigenvalue weighted by molar-refractivity contribution is 0.724. The molecule has 0 spiro atoms. The minimum absolute atomic E-state index is 0.564. The van der Waals surface area contributed by atoms with E-state index in [0.29, 0.717) is 23.4 Å². The molecular formula is C23H18N4. The van der Waals surface area contributed by atoms with E-state index in [1.165, 1.54) is 0 Å². The molecule has 27 heavy (non-hydrogen) atoms. The Balaban J connectivity index is 1.85. The normalized spacial score (nSPS) is 9.74. The summed E-state index contributed by atoms with van der Waals surface area (Å²) < 4.78 is 0. The Morgan fingerprint density at radius 1 is 0.963 bits per heavy atom. The van der Waals surface area contributed by atoms with E-state index in [4.69, 9.17) is 0 Å². The van der Waals surface area contributed by atoms with Crippen LogP contribution < -0.4 is 5.32 Å². The van der Waals surface area contributed by atoms with Crippen LogP contribution in [-0.4, -0.2) is 16.7 Å². The van der Waals surface area contributed by atoms with Crippen molar-refractivity contribution in [1.29, 1.82) is 5.26 Å². The van der Waals surface area contributed by atoms with E-state index in [2.05, 4.69) is 40.0 Å². The lowest BCUT2D eigenvalue weighted by Crippen LogP contribution is -2.14. The summed E-state index contributed by atoms with van der Waals surface area (Å²) in [5.74, 6) is 6.06. The van der Waals surface area contributed by atoms with E-state index in [1.807, 2.05) is 60.7 Å². The van der Waals surface area contributed by atoms with Gasteiger partial charge in [0.05, 0.1) is 11.3 Å². The quantitative estimate of drug-likeness (QED) is 0.433. The molecule has 2 aromatic carbocycles. The third-order valence-electron chi connectivity index (χ3n) is 3.90. The molecule has 4 nitrogen and oxygen atoms in total. The smallest absolute Gasteiger partial charge is 0.136 e. The van der Waals surface area contributed by atoms with Crippen molar-refractivity contribution in [3.8, 4) is 29.0 Å². The summed E-state index contributed by atoms with van der Waals surface area (Å²) in [6.45, 7) is 5.01. The van der Waals surface area contributed by atoms with Gasteiger partial charge < -0.3 is 5.32 Å². The van der Waals surface area contributed by atoms with Crippen LogP contribution in [0.4, 0.5) is 0 Å². The van der Waals surface area contributed by atoms with E-state index in [0.717, 1.165) is 23.4 Å². The van der Waals surface area contributed by atoms with E-state index >= 15 is 0 Å². The van der Waals surface area contributed by atoms with Gasteiger partial charge in [-0.3, -0.25) is 0 Å². The van der Waals surface area contributed by atoms with Crippen LogP contribution in [0.15, 0.2) is 73.3 Å². The van der Waals surface area contributed by atoms with Crippen molar-refractivity contribution in [2.24, 2.45) is 0 Å². The van der Waals surface area contributed by atoms with Crippen molar-refractivity contribution in [3.63, 3.8) is 0 Å². The molecule has 0 saturated heterocycles. The summed E-state index contributed by atoms with van der Waals surface area (Å²) >= 11 is 0. The van der Waals surface area contributed by atoms with Gasteiger partial charge in [-0.05, 0) is 29.7 Å². The number of nitrogens with one attached hydrogen (secondary N) is 1. The highest BCUT2D eigenvalue weighted by molar-refractivity contribution is 5.74. The minimum Gasteiger partial charge on any atom is -0.308 e. The molecule has 0 amide bonds. The van der Waals surface area contributed by atoms with E-state index in [9.17, 15) is 5.26 Å². The molecule has 1 N–H and O–H groups in total. The molecule has 0 fully saturated rings. The number of nitriles is 1. The van der Waals surface area contributed by atoms with Crippen molar-refractivity contribution < 1.29 is 0 Å². The number of benzene rings is 2. The van der Waals surface area contributed by atoms with Crippen LogP contribution >= 0.6 is 0 Å². The van der Waals surface area contributed by atoms with Gasteiger partial charge in [-0.25, -0.2) is 0 Å². The summed E-state index contributed by atoms with van der Waals surface area (Å²) in [6, 6.07) is 21.5. The molecule has 0 aliphatic rings. The van der Waals surface area contributed by atoms with Gasteiger partial charge in [-0.2, -0.15) is 10.4 Å². The van der Waals surface area contributed by atoms with Gasteiger partial charge in [0.1, 0.15) is 11.8 Å². The molecule has 0 aliphatic heterocycles. The summed E-state index contributed by atoms with van der Waals surface area (Å²) in [4.78, 5) is 0. The van der Waals surface area contributed by atoms with Crippen LogP contribution in [0.2, 0.25) is 0 Å². The monoisotopic (exact) mass is 350 g/mol. The van der Waals surface area contributed by atoms with Gasteiger partial charge in [0, 0.05) is 24.2 Å². The average molecular weight is 350 g/mol. The second-order valence-corrected chi connectivity index (χ2v) is 5.79. The summed E-state index contributed by atoms with van der Waals surface area (Å²) in [5.41, 5.74) is 4.52. The highest BCUT2D eigenvalue weighted by Crippen LogP contribution is 2.25. The number of hydrogen-bond donors (Lipinski definition) is 1. The molecule has 3 rings (SSSR count). The Morgan fingerprint density at radius 2 is 1.81 bits per heavy atom. The highest BCUT2D eigenvalue weighted by atomic mass is 15.1. The van der Waals surface area contributed by atoms with Crippen molar-refractivity contribution in [3.05, 3.63) is 95.8 Å². The third-order valence-corrected chi connectivity index (χ3v) is 3.90. The molecule has 0 bridgehead atoms. The molecule has 3 aromatic rings. The maximum absolute atomic E-state index is 9.64. The Bertz CT molecular complexity index is 1020. The lowest BCUT2D eigenvalue weighted by Gasteiger charge is -2.05. The average Bonchev–Trinajstić information content (AvgIpc) is 2.73. The van der Waals surface area contributed by atoms with Crippen LogP contribution in [0.1, 0.15) is 22.5 Å². The summed E-state index contributed by atoms with van der Waals surface area (Å²) in [5, 5.41) is 21.1. The molecule has 0 unspecified atom stereocenters. The Kier molecular flexibility index (Phi) is 6.09. The number of aromatic nitrogens is 2. The molecule has 0 radical (unpaired) electrons. The van der Waals surface area contributed by atoms with Gasteiger partial charge in [-0.1, -0.05) is 54.5 Å². The number of hydrogen-bond acceptors (Lipinski definition) is 4. The van der Waals surface area contributed by atoms with Gasteiger partial charge >= 0.3 is 0 Å². The van der Waals surface area contributed by atoms with Gasteiger partial charge in [-0.15, -0.1) is 11.7 Å². The van der Waals surface area contributed by atoms with Crippen LogP contribution in [0, 0.1) is 23.2 Å². The zero-order chi connectivity index (χ0) is 18.9. The second-order valence-electron chi connectivity index (χ2n) is 5.79. The molecule has 130 valence electrons. The number of rotatable bonds is 5. The molecular weight excluding hydrogens is 332 g/mol. The van der Waals surface area contributed by atoms with E-state index in [1.54, 1.807) is 6.08 Å². The second kappa shape index (κ2) is 9.10. The molecule has 0 aliphatic carbocycles. The predicted octanol–water partition coefficient (Wildman–Crippen LogP) is 3.69. The number of nitrogens with zero attached hydrogens (tertiary/aromatic N) is 3. The minimum atomic E-state index is 0.564. The summed E-state index contributed by atoms with van der Waals surface area (Å²) in [7, 11) is 0. The molecule has 0 saturated carbocycles. The fraction of sp³-hybridized carbons (Fsp3) is 0.0870. The van der Waals surface area contributed by atoms with Crippen LogP contribution in [-0.2, 0) is 6.54 Å². The zero-order valence-corrected chi connectivity index (χ0v) is 14.8. The maximum Gasteiger partial charge on any atom is 0.136 e. The first-order chi connectivity index (χ1) is 13.3. The van der Waals surface area contributed by atoms with Crippen molar-refractivity contribution in [1.82, 2.24) is 15.5 Å². The lowest BCUT2D eigenvalue weighted by atomic mass is 9.96. The van der Waals surface area contributed by atoms with Gasteiger partial charge in [0.2, 0.25) is 0 Å². The SMILES string of the molecule is C=CCNCc1ccc(C#Cc2cccc(-c3ccccc3)c2C#N)nn1. The Labute approximate surface area is 159 Å². The maximum atomic E-state index is 9.64. The Morgan fingerprint density at radius 3 is 2.52 bits per heavy atom. The molecule has 0 atom stereocenters. The van der Waals surface area contributed by atoms with E-state index in [-0.39, 0.29) is 0 Å². The first kappa shape index (κ1) is 18.1. The van der Waals surface area contributed by atoms with Crippen LogP contribution in [0.3, 0.4) is 0 Å². The molecule has 1 heterocycles. The van der Waals surface area contributed by atoms with Crippen molar-refractivity contribution >= 4 is 0 Å². The van der Waals surface area contributed by atoms with Gasteiger partial charge in [0.15, 0.2) is 0 Å². The first-order valence-corrected chi connectivity index (χ1v) is 8.56. The van der Waals surface area contributed by atoms with Crippen molar-refractivity contribution in [2.75, 3.05) is 6.54 Å². The standard InChI is InChI=1S/C23H18N4/c1-2-15-25-17-21-14-13-20(26-27-21)12-11-19-9-6-10-22(23(19)16-24)18-7-4-3-5-8-18/h2-10,13-14,25H,1,15,17H2. The molecule has 1 aromatic heterocycles. The van der Waals surface area contributed by atoms with E-state index < -0.39 is 0 Å². The highest BCUT2D eigenvalue weighted by Gasteiger charge is 2.08. The third kappa shape index (κ3) is 4.67. The predicted molar refractivity (Wildman–Crippen MR) is 107 cm³/mol. The fourth-order valence-corrected chi connectivity index (χ4v) is 2.59. The Hall–Kier alpha value is -3.73. The van der Waals surface area contributed by atoms with Crippen LogP contribution in [0.5, 0.6) is 0 Å². The van der Waals surface area contributed by atoms with Crippen molar-refractivity contribution in [2.45, 2.75) is 6.54 Å². The topological polar surface area (TPSA) is 61.6 Å². The van der Waals surface area contributed by atoms with Gasteiger partial charge in [0.25, 0.3) is 0 Å². The first-order valence-electron chi connectivity index (χ1n) is 8.56. The van der Waals surface area contributed by atoms with Crippen LogP contribution in [0.25, 0.3) is 11.1 Å². The fourth-order valence-electron chi connectivity index (χ4n) is 2.59.